The fourth-order valence-electron chi connectivity index (χ4n) is 6.61. The van der Waals surface area contributed by atoms with Gasteiger partial charge in [-0.25, -0.2) is 4.98 Å². The van der Waals surface area contributed by atoms with Crippen molar-refractivity contribution in [3.05, 3.63) is 101 Å². The van der Waals surface area contributed by atoms with Crippen LogP contribution < -0.4 is 0 Å². The molecule has 1 atom stereocenters. The van der Waals surface area contributed by atoms with E-state index in [1.165, 1.54) is 50.4 Å². The molecule has 0 bridgehead atoms. The Morgan fingerprint density at radius 2 is 1.80 bits per heavy atom. The first kappa shape index (κ1) is 29.1. The Hall–Kier alpha value is -3.40. The number of hydrogen-bond donors (Lipinski definition) is 0. The number of fused-ring (bicyclic) bond motifs is 2. The predicted octanol–water partition coefficient (Wildman–Crippen LogP) is 9.05. The van der Waals surface area contributed by atoms with E-state index in [0.717, 1.165) is 50.9 Å². The van der Waals surface area contributed by atoms with E-state index < -0.39 is 0 Å². The third kappa shape index (κ3) is 6.42. The quantitative estimate of drug-likeness (QED) is 0.295. The average molecular weight is 549 g/mol. The third-order valence-corrected chi connectivity index (χ3v) is 8.66. The lowest BCUT2D eigenvalue weighted by Crippen LogP contribution is -2.31. The van der Waals surface area contributed by atoms with Gasteiger partial charge in [0.15, 0.2) is 0 Å². The number of allylic oxidation sites excluding steroid dienone is 2. The smallest absolute Gasteiger partial charge is 0.0945 e. The third-order valence-electron chi connectivity index (χ3n) is 8.66. The molecular formula is C37H48N4. The van der Waals surface area contributed by atoms with E-state index in [1.54, 1.807) is 0 Å². The van der Waals surface area contributed by atoms with Gasteiger partial charge in [-0.1, -0.05) is 83.0 Å². The molecule has 0 saturated carbocycles. The molecule has 0 amide bonds. The summed E-state index contributed by atoms with van der Waals surface area (Å²) < 4.78 is 2.20. The normalized spacial score (nSPS) is 16.3. The van der Waals surface area contributed by atoms with Gasteiger partial charge >= 0.3 is 0 Å². The molecule has 2 aromatic heterocycles. The molecular weight excluding hydrogens is 500 g/mol. The first-order valence-electron chi connectivity index (χ1n) is 15.4. The maximum atomic E-state index is 5.06. The summed E-state index contributed by atoms with van der Waals surface area (Å²) in [6, 6.07) is 11.4. The molecule has 0 N–H and O–H groups in total. The summed E-state index contributed by atoms with van der Waals surface area (Å²) >= 11 is 0. The first-order valence-corrected chi connectivity index (χ1v) is 15.4. The largest absolute Gasteiger partial charge is 0.375 e. The highest BCUT2D eigenvalue weighted by molar-refractivity contribution is 5.99. The lowest BCUT2D eigenvalue weighted by molar-refractivity contribution is 0.276. The highest BCUT2D eigenvalue weighted by Crippen LogP contribution is 2.46. The molecule has 1 aromatic carbocycles. The predicted molar refractivity (Wildman–Crippen MR) is 173 cm³/mol. The second-order valence-corrected chi connectivity index (χ2v) is 13.8. The molecule has 4 heteroatoms. The number of aryl methyl sites for hydroxylation is 2. The van der Waals surface area contributed by atoms with Crippen LogP contribution in [0.15, 0.2) is 66.9 Å². The van der Waals surface area contributed by atoms with Gasteiger partial charge in [0.2, 0.25) is 0 Å². The van der Waals surface area contributed by atoms with Gasteiger partial charge in [-0.3, -0.25) is 4.98 Å². The summed E-state index contributed by atoms with van der Waals surface area (Å²) in [5.74, 6) is 0.893. The van der Waals surface area contributed by atoms with Crippen molar-refractivity contribution in [1.82, 2.24) is 19.4 Å². The fraction of sp³-hybridized carbons (Fsp3) is 0.459. The van der Waals surface area contributed by atoms with Crippen molar-refractivity contribution in [1.29, 1.82) is 0 Å². The van der Waals surface area contributed by atoms with Crippen LogP contribution in [0.4, 0.5) is 0 Å². The minimum absolute atomic E-state index is 0.249. The van der Waals surface area contributed by atoms with Crippen molar-refractivity contribution in [2.45, 2.75) is 79.6 Å². The van der Waals surface area contributed by atoms with Crippen molar-refractivity contribution < 1.29 is 0 Å². The van der Waals surface area contributed by atoms with Crippen LogP contribution in [-0.4, -0.2) is 32.5 Å². The van der Waals surface area contributed by atoms with E-state index in [9.17, 15) is 0 Å². The van der Waals surface area contributed by atoms with Gasteiger partial charge in [0.1, 0.15) is 0 Å². The topological polar surface area (TPSA) is 34.0 Å². The monoisotopic (exact) mass is 548 g/mol. The van der Waals surface area contributed by atoms with Crippen LogP contribution in [0.5, 0.6) is 0 Å². The SMILES string of the molecule is C=C(CC(C)(C)C)N1CCC(=C2c3ccc(C)cc3C(C(CCC(C)C)c3cncn3C)=Cc3cccnc32)CC1. The molecule has 1 aliphatic heterocycles. The van der Waals surface area contributed by atoms with Crippen LogP contribution in [0.25, 0.3) is 17.2 Å². The van der Waals surface area contributed by atoms with Gasteiger partial charge in [-0.05, 0) is 72.8 Å². The van der Waals surface area contributed by atoms with Crippen molar-refractivity contribution in [3.63, 3.8) is 0 Å². The van der Waals surface area contributed by atoms with Gasteiger partial charge in [0.25, 0.3) is 0 Å². The molecule has 1 saturated heterocycles. The van der Waals surface area contributed by atoms with E-state index in [2.05, 4.69) is 112 Å². The van der Waals surface area contributed by atoms with Crippen molar-refractivity contribution >= 4 is 17.2 Å². The van der Waals surface area contributed by atoms with E-state index >= 15 is 0 Å². The highest BCUT2D eigenvalue weighted by Gasteiger charge is 2.30. The van der Waals surface area contributed by atoms with Crippen molar-refractivity contribution in [2.24, 2.45) is 18.4 Å². The number of piperidine rings is 1. The number of imidazole rings is 1. The number of pyridine rings is 1. The number of benzene rings is 1. The summed E-state index contributed by atoms with van der Waals surface area (Å²) in [6.07, 6.45) is 13.8. The second-order valence-electron chi connectivity index (χ2n) is 13.8. The molecule has 3 aromatic rings. The van der Waals surface area contributed by atoms with E-state index in [-0.39, 0.29) is 11.3 Å². The summed E-state index contributed by atoms with van der Waals surface area (Å²) in [4.78, 5) is 12.1. The highest BCUT2D eigenvalue weighted by atomic mass is 15.1. The molecule has 0 spiro atoms. The zero-order chi connectivity index (χ0) is 29.3. The molecule has 1 fully saturated rings. The van der Waals surface area contributed by atoms with Crippen molar-refractivity contribution in [2.75, 3.05) is 13.1 Å². The number of nitrogens with zero attached hydrogens (tertiary/aromatic N) is 4. The summed E-state index contributed by atoms with van der Waals surface area (Å²) in [5, 5.41) is 0. The molecule has 1 aliphatic carbocycles. The van der Waals surface area contributed by atoms with E-state index in [4.69, 9.17) is 4.98 Å². The van der Waals surface area contributed by atoms with Crippen LogP contribution in [-0.2, 0) is 7.05 Å². The molecule has 2 aliphatic rings. The number of likely N-dealkylation sites (tertiary alicyclic amines) is 1. The molecule has 216 valence electrons. The second kappa shape index (κ2) is 11.8. The molecule has 0 radical (unpaired) electrons. The lowest BCUT2D eigenvalue weighted by Gasteiger charge is -2.35. The molecule has 41 heavy (non-hydrogen) atoms. The zero-order valence-corrected chi connectivity index (χ0v) is 26.3. The van der Waals surface area contributed by atoms with Crippen LogP contribution in [0, 0.1) is 18.3 Å². The van der Waals surface area contributed by atoms with Crippen LogP contribution in [0.1, 0.15) is 106 Å². The first-order chi connectivity index (χ1) is 19.5. The molecule has 4 nitrogen and oxygen atoms in total. The van der Waals surface area contributed by atoms with Gasteiger partial charge in [0, 0.05) is 61.0 Å². The molecule has 3 heterocycles. The maximum absolute atomic E-state index is 5.06. The Kier molecular flexibility index (Phi) is 8.40. The minimum atomic E-state index is 0.249. The van der Waals surface area contributed by atoms with Gasteiger partial charge in [0.05, 0.1) is 12.0 Å². The van der Waals surface area contributed by atoms with Crippen LogP contribution >= 0.6 is 0 Å². The number of hydrogen-bond acceptors (Lipinski definition) is 3. The summed E-state index contributed by atoms with van der Waals surface area (Å²) in [5.41, 5.74) is 13.3. The lowest BCUT2D eigenvalue weighted by atomic mass is 9.81. The Morgan fingerprint density at radius 3 is 2.46 bits per heavy atom. The Morgan fingerprint density at radius 1 is 1.05 bits per heavy atom. The summed E-state index contributed by atoms with van der Waals surface area (Å²) in [6.45, 7) is 20.3. The van der Waals surface area contributed by atoms with E-state index in [1.807, 2.05) is 12.5 Å². The Labute approximate surface area is 247 Å². The van der Waals surface area contributed by atoms with Crippen LogP contribution in [0.3, 0.4) is 0 Å². The maximum Gasteiger partial charge on any atom is 0.0945 e. The average Bonchev–Trinajstić information content (AvgIpc) is 3.28. The Balaban J connectivity index is 1.63. The summed E-state index contributed by atoms with van der Waals surface area (Å²) in [7, 11) is 2.13. The standard InChI is InChI=1S/C37H48N4/c1-25(2)11-13-30(34-23-38-24-40(34)8)33-21-29-10-9-17-39-36(29)35(31-14-12-26(3)20-32(31)33)28-15-18-41(19-16-28)27(4)22-37(5,6)7/h9-10,12,14,17,20-21,23-25,30H,4,11,13,15-16,18-19,22H2,1-3,5-8H3. The van der Waals surface area contributed by atoms with Gasteiger partial charge in [-0.2, -0.15) is 0 Å². The molecule has 1 unspecified atom stereocenters. The zero-order valence-electron chi connectivity index (χ0n) is 26.3. The number of rotatable bonds is 7. The fourth-order valence-corrected chi connectivity index (χ4v) is 6.61. The minimum Gasteiger partial charge on any atom is -0.375 e. The number of aromatic nitrogens is 3. The van der Waals surface area contributed by atoms with Crippen molar-refractivity contribution in [3.8, 4) is 0 Å². The van der Waals surface area contributed by atoms with Gasteiger partial charge in [-0.15, -0.1) is 0 Å². The van der Waals surface area contributed by atoms with Crippen LogP contribution in [0.2, 0.25) is 0 Å². The van der Waals surface area contributed by atoms with E-state index in [0.29, 0.717) is 5.92 Å². The van der Waals surface area contributed by atoms with Gasteiger partial charge < -0.3 is 9.47 Å². The Bertz CT molecular complexity index is 1470. The molecule has 5 rings (SSSR count).